The van der Waals surface area contributed by atoms with Crippen LogP contribution >= 0.6 is 23.2 Å². The molecule has 0 unspecified atom stereocenters. The highest BCUT2D eigenvalue weighted by molar-refractivity contribution is 6.37. The summed E-state index contributed by atoms with van der Waals surface area (Å²) in [4.78, 5) is 24.8. The number of halogens is 2. The molecule has 3 nitrogen and oxygen atoms in total. The van der Waals surface area contributed by atoms with Crippen LogP contribution in [0.4, 0.5) is 0 Å². The molecule has 0 aliphatic heterocycles. The number of allylic oxidation sites excluding steroid dienone is 1. The molecular formula is C26H22Cl2O3. The Balaban J connectivity index is 1.66. The van der Waals surface area contributed by atoms with Crippen LogP contribution in [0, 0.1) is 0 Å². The van der Waals surface area contributed by atoms with Gasteiger partial charge in [-0.05, 0) is 71.7 Å². The molecule has 31 heavy (non-hydrogen) atoms. The smallest absolute Gasteiger partial charge is 0.343 e. The van der Waals surface area contributed by atoms with Gasteiger partial charge in [-0.3, -0.25) is 4.79 Å². The molecule has 3 rings (SSSR count). The third-order valence-electron chi connectivity index (χ3n) is 4.74. The van der Waals surface area contributed by atoms with Crippen LogP contribution in [-0.2, 0) is 5.41 Å². The van der Waals surface area contributed by atoms with E-state index in [1.165, 1.54) is 6.08 Å². The first kappa shape index (κ1) is 22.8. The van der Waals surface area contributed by atoms with Gasteiger partial charge in [-0.1, -0.05) is 62.2 Å². The molecule has 0 atom stereocenters. The van der Waals surface area contributed by atoms with Gasteiger partial charge < -0.3 is 4.74 Å². The molecule has 0 heterocycles. The van der Waals surface area contributed by atoms with Crippen LogP contribution in [0.25, 0.3) is 6.08 Å². The van der Waals surface area contributed by atoms with E-state index >= 15 is 0 Å². The van der Waals surface area contributed by atoms with Gasteiger partial charge >= 0.3 is 5.97 Å². The highest BCUT2D eigenvalue weighted by Crippen LogP contribution is 2.26. The Morgan fingerprint density at radius 1 is 0.806 bits per heavy atom. The zero-order chi connectivity index (χ0) is 22.6. The Morgan fingerprint density at radius 3 is 1.90 bits per heavy atom. The standard InChI is InChI=1S/C26H22Cl2O3/c1-26(2,3)19-11-7-18(8-12-19)25(30)31-20-13-9-17(10-14-20)24(29)16-15-21-22(27)5-4-6-23(21)28/h4-16H,1-3H3. The first-order chi connectivity index (χ1) is 14.6. The van der Waals surface area contributed by atoms with E-state index in [0.717, 1.165) is 5.56 Å². The van der Waals surface area contributed by atoms with Crippen LogP contribution in [0.3, 0.4) is 0 Å². The van der Waals surface area contributed by atoms with E-state index in [0.29, 0.717) is 32.5 Å². The lowest BCUT2D eigenvalue weighted by Gasteiger charge is -2.18. The van der Waals surface area contributed by atoms with E-state index in [9.17, 15) is 9.59 Å². The monoisotopic (exact) mass is 452 g/mol. The van der Waals surface area contributed by atoms with Crippen LogP contribution in [0.5, 0.6) is 5.75 Å². The van der Waals surface area contributed by atoms with Crippen molar-refractivity contribution in [3.05, 3.63) is 105 Å². The lowest BCUT2D eigenvalue weighted by atomic mass is 9.87. The van der Waals surface area contributed by atoms with Gasteiger partial charge in [0.15, 0.2) is 5.78 Å². The fourth-order valence-electron chi connectivity index (χ4n) is 2.88. The maximum Gasteiger partial charge on any atom is 0.343 e. The number of rotatable bonds is 5. The highest BCUT2D eigenvalue weighted by Gasteiger charge is 2.15. The fraction of sp³-hybridized carbons (Fsp3) is 0.154. The summed E-state index contributed by atoms with van der Waals surface area (Å²) in [5, 5.41) is 0.934. The highest BCUT2D eigenvalue weighted by atomic mass is 35.5. The normalized spacial score (nSPS) is 11.5. The van der Waals surface area contributed by atoms with E-state index in [2.05, 4.69) is 20.8 Å². The number of hydrogen-bond acceptors (Lipinski definition) is 3. The quantitative estimate of drug-likeness (QED) is 0.175. The Bertz CT molecular complexity index is 1100. The van der Waals surface area contributed by atoms with Crippen molar-refractivity contribution in [3.63, 3.8) is 0 Å². The lowest BCUT2D eigenvalue weighted by Crippen LogP contribution is -2.13. The van der Waals surface area contributed by atoms with Crippen molar-refractivity contribution in [1.82, 2.24) is 0 Å². The molecule has 0 aromatic heterocycles. The van der Waals surface area contributed by atoms with Crippen molar-refractivity contribution in [1.29, 1.82) is 0 Å². The predicted octanol–water partition coefficient (Wildman–Crippen LogP) is 7.41. The maximum atomic E-state index is 12.4. The average Bonchev–Trinajstić information content (AvgIpc) is 2.73. The van der Waals surface area contributed by atoms with E-state index in [1.54, 1.807) is 60.7 Å². The molecule has 158 valence electrons. The van der Waals surface area contributed by atoms with Gasteiger partial charge in [-0.25, -0.2) is 4.79 Å². The molecule has 0 saturated heterocycles. The molecule has 0 saturated carbocycles. The topological polar surface area (TPSA) is 43.4 Å². The summed E-state index contributed by atoms with van der Waals surface area (Å²) >= 11 is 12.2. The lowest BCUT2D eigenvalue weighted by molar-refractivity contribution is 0.0734. The summed E-state index contributed by atoms with van der Waals surface area (Å²) in [5.74, 6) is -0.306. The predicted molar refractivity (Wildman–Crippen MR) is 126 cm³/mol. The largest absolute Gasteiger partial charge is 0.423 e. The molecule has 0 bridgehead atoms. The molecular weight excluding hydrogens is 431 g/mol. The minimum Gasteiger partial charge on any atom is -0.423 e. The summed E-state index contributed by atoms with van der Waals surface area (Å²) < 4.78 is 5.42. The third-order valence-corrected chi connectivity index (χ3v) is 5.40. The van der Waals surface area contributed by atoms with Crippen molar-refractivity contribution in [3.8, 4) is 5.75 Å². The van der Waals surface area contributed by atoms with E-state index in [1.807, 2.05) is 12.1 Å². The van der Waals surface area contributed by atoms with Gasteiger partial charge in [0, 0.05) is 21.2 Å². The van der Waals surface area contributed by atoms with Gasteiger partial charge in [0.05, 0.1) is 5.56 Å². The molecule has 0 spiro atoms. The van der Waals surface area contributed by atoms with Crippen molar-refractivity contribution < 1.29 is 14.3 Å². The van der Waals surface area contributed by atoms with Crippen LogP contribution < -0.4 is 4.74 Å². The molecule has 0 aliphatic rings. The maximum absolute atomic E-state index is 12.4. The Morgan fingerprint density at radius 2 is 1.35 bits per heavy atom. The number of carbonyl (C=O) groups excluding carboxylic acids is 2. The number of carbonyl (C=O) groups is 2. The number of esters is 1. The molecule has 3 aromatic carbocycles. The van der Waals surface area contributed by atoms with Crippen molar-refractivity contribution in [2.45, 2.75) is 26.2 Å². The summed E-state index contributed by atoms with van der Waals surface area (Å²) in [5.41, 5.74) is 2.65. The van der Waals surface area contributed by atoms with Crippen LogP contribution in [0.2, 0.25) is 10.0 Å². The van der Waals surface area contributed by atoms with Crippen molar-refractivity contribution >= 4 is 41.0 Å². The van der Waals surface area contributed by atoms with E-state index < -0.39 is 5.97 Å². The molecule has 5 heteroatoms. The van der Waals surface area contributed by atoms with Crippen LogP contribution in [0.15, 0.2) is 72.8 Å². The van der Waals surface area contributed by atoms with E-state index in [4.69, 9.17) is 27.9 Å². The van der Waals surface area contributed by atoms with Crippen molar-refractivity contribution in [2.75, 3.05) is 0 Å². The van der Waals surface area contributed by atoms with Gasteiger partial charge in [0.2, 0.25) is 0 Å². The molecule has 0 amide bonds. The van der Waals surface area contributed by atoms with E-state index in [-0.39, 0.29) is 11.2 Å². The van der Waals surface area contributed by atoms with Crippen LogP contribution in [-0.4, -0.2) is 11.8 Å². The molecule has 0 fully saturated rings. The second kappa shape index (κ2) is 9.51. The molecule has 0 aliphatic carbocycles. The summed E-state index contributed by atoms with van der Waals surface area (Å²) in [6.45, 7) is 6.34. The average molecular weight is 453 g/mol. The number of ketones is 1. The minimum atomic E-state index is -0.451. The summed E-state index contributed by atoms with van der Waals surface area (Å²) in [6, 6.07) is 18.9. The second-order valence-corrected chi connectivity index (χ2v) is 8.89. The summed E-state index contributed by atoms with van der Waals surface area (Å²) in [6.07, 6.45) is 2.99. The van der Waals surface area contributed by atoms with Gasteiger partial charge in [0.1, 0.15) is 5.75 Å². The van der Waals surface area contributed by atoms with Gasteiger partial charge in [-0.2, -0.15) is 0 Å². The Kier molecular flexibility index (Phi) is 6.99. The van der Waals surface area contributed by atoms with Crippen molar-refractivity contribution in [2.24, 2.45) is 0 Å². The fourth-order valence-corrected chi connectivity index (χ4v) is 3.41. The molecule has 3 aromatic rings. The number of ether oxygens (including phenoxy) is 1. The SMILES string of the molecule is CC(C)(C)c1ccc(C(=O)Oc2ccc(C(=O)C=Cc3c(Cl)cccc3Cl)cc2)cc1. The molecule has 0 radical (unpaired) electrons. The second-order valence-electron chi connectivity index (χ2n) is 8.07. The third kappa shape index (κ3) is 5.84. The number of hydrogen-bond donors (Lipinski definition) is 0. The van der Waals surface area contributed by atoms with Crippen LogP contribution in [0.1, 0.15) is 52.6 Å². The van der Waals surface area contributed by atoms with Gasteiger partial charge in [-0.15, -0.1) is 0 Å². The molecule has 0 N–H and O–H groups in total. The minimum absolute atomic E-state index is 0.0103. The number of benzene rings is 3. The first-order valence-corrected chi connectivity index (χ1v) is 10.5. The Labute approximate surface area is 192 Å². The summed E-state index contributed by atoms with van der Waals surface area (Å²) in [7, 11) is 0. The first-order valence-electron chi connectivity index (χ1n) is 9.74. The zero-order valence-electron chi connectivity index (χ0n) is 17.5. The zero-order valence-corrected chi connectivity index (χ0v) is 19.0. The van der Waals surface area contributed by atoms with Gasteiger partial charge in [0.25, 0.3) is 0 Å². The Hall–Kier alpha value is -2.88.